The summed E-state index contributed by atoms with van der Waals surface area (Å²) >= 11 is 3.68. The molecule has 0 unspecified atom stereocenters. The number of hydrogen-bond acceptors (Lipinski definition) is 6. The predicted molar refractivity (Wildman–Crippen MR) is 255 cm³/mol. The summed E-state index contributed by atoms with van der Waals surface area (Å²) in [5.41, 5.74) is 12.6. The van der Waals surface area contributed by atoms with Crippen molar-refractivity contribution in [2.45, 2.75) is 96.6 Å². The van der Waals surface area contributed by atoms with Crippen LogP contribution in [0.5, 0.6) is 46.0 Å². The zero-order valence-electron chi connectivity index (χ0n) is 35.0. The molecule has 0 amide bonds. The van der Waals surface area contributed by atoms with Crippen molar-refractivity contribution in [1.82, 2.24) is 0 Å². The van der Waals surface area contributed by atoms with Crippen molar-refractivity contribution in [2.75, 3.05) is 0 Å². The maximum Gasteiger partial charge on any atom is 0.253 e. The van der Waals surface area contributed by atoms with Crippen LogP contribution in [0.2, 0.25) is 0 Å². The summed E-state index contributed by atoms with van der Waals surface area (Å²) in [6, 6.07) is 44.5. The molecule has 0 bridgehead atoms. The van der Waals surface area contributed by atoms with Gasteiger partial charge in [0.1, 0.15) is 46.0 Å². The van der Waals surface area contributed by atoms with Crippen LogP contribution in [-0.2, 0) is 0 Å². The summed E-state index contributed by atoms with van der Waals surface area (Å²) in [6.07, 6.45) is 10.2. The Kier molecular flexibility index (Phi) is 8.73. The van der Waals surface area contributed by atoms with Crippen LogP contribution in [0, 0.1) is 13.8 Å². The van der Waals surface area contributed by atoms with Crippen LogP contribution in [-0.4, -0.2) is 13.4 Å². The number of fused-ring (bicyclic) bond motifs is 8. The average Bonchev–Trinajstić information content (AvgIpc) is 4.03. The number of ether oxygens (including phenoxy) is 4. The predicted octanol–water partition coefficient (Wildman–Crippen LogP) is 11.4. The van der Waals surface area contributed by atoms with Crippen LogP contribution in [0.4, 0.5) is 0 Å². The summed E-state index contributed by atoms with van der Waals surface area (Å²) < 4.78 is 27.3. The molecule has 0 N–H and O–H groups in total. The molecule has 2 saturated carbocycles. The first-order valence-electron chi connectivity index (χ1n) is 22.5. The molecule has 62 heavy (non-hydrogen) atoms. The van der Waals surface area contributed by atoms with Gasteiger partial charge in [-0.1, -0.05) is 127 Å². The lowest BCUT2D eigenvalue weighted by Crippen LogP contribution is -2.62. The fourth-order valence-corrected chi connectivity index (χ4v) is 13.7. The number of benzene rings is 7. The highest BCUT2D eigenvalue weighted by molar-refractivity contribution is 8.01. The third-order valence-electron chi connectivity index (χ3n) is 14.4. The number of para-hydroxylation sites is 2. The summed E-state index contributed by atoms with van der Waals surface area (Å²) in [5, 5.41) is 0. The van der Waals surface area contributed by atoms with Crippen molar-refractivity contribution in [3.8, 4) is 46.0 Å². The molecule has 4 heterocycles. The number of aryl methyl sites for hydroxylation is 2. The largest absolute Gasteiger partial charge is 0.458 e. The molecule has 8 heteroatoms. The first-order chi connectivity index (χ1) is 30.5. The molecule has 6 aliphatic rings. The van der Waals surface area contributed by atoms with Gasteiger partial charge in [-0.2, -0.15) is 0 Å². The Morgan fingerprint density at radius 2 is 0.903 bits per heavy atom. The van der Waals surface area contributed by atoms with Gasteiger partial charge in [-0.25, -0.2) is 0 Å². The molecule has 0 radical (unpaired) electrons. The molecule has 7 aromatic rings. The van der Waals surface area contributed by atoms with Crippen molar-refractivity contribution in [2.24, 2.45) is 0 Å². The average molecular weight is 843 g/mol. The Labute approximate surface area is 372 Å². The molecule has 7 aromatic carbocycles. The van der Waals surface area contributed by atoms with Crippen molar-refractivity contribution in [3.63, 3.8) is 0 Å². The van der Waals surface area contributed by atoms with Crippen molar-refractivity contribution < 1.29 is 18.9 Å². The van der Waals surface area contributed by atoms with E-state index in [9.17, 15) is 0 Å². The Morgan fingerprint density at radius 1 is 0.452 bits per heavy atom. The van der Waals surface area contributed by atoms with E-state index in [-0.39, 0.29) is 13.4 Å². The van der Waals surface area contributed by atoms with Gasteiger partial charge in [0.05, 0.1) is 0 Å². The Morgan fingerprint density at radius 3 is 1.35 bits per heavy atom. The van der Waals surface area contributed by atoms with E-state index < -0.39 is 0 Å². The van der Waals surface area contributed by atoms with Gasteiger partial charge >= 0.3 is 0 Å². The van der Waals surface area contributed by atoms with Gasteiger partial charge in [0.25, 0.3) is 13.4 Å². The van der Waals surface area contributed by atoms with E-state index in [1.165, 1.54) is 115 Å². The SMILES string of the molecule is Cc1ccccc1Oc1cc2c3c(c1)Sc1cc4c(cc1B3c1ccc(C3CCCC3)cc1O2)B1c2ccc(C3CCCC3)cc2Oc2cc(Oc3ccccc3C)cc(c21)S4. The van der Waals surface area contributed by atoms with Crippen molar-refractivity contribution in [3.05, 3.63) is 144 Å². The van der Waals surface area contributed by atoms with Crippen LogP contribution >= 0.6 is 23.5 Å². The van der Waals surface area contributed by atoms with Crippen LogP contribution in [0.3, 0.4) is 0 Å². The molecular formula is C54H44B2O4S2. The molecule has 4 aliphatic heterocycles. The van der Waals surface area contributed by atoms with Gasteiger partial charge in [-0.15, -0.1) is 0 Å². The molecule has 2 aliphatic carbocycles. The number of rotatable bonds is 6. The minimum Gasteiger partial charge on any atom is -0.458 e. The quantitative estimate of drug-likeness (QED) is 0.155. The first kappa shape index (κ1) is 37.2. The second kappa shape index (κ2) is 14.6. The lowest BCUT2D eigenvalue weighted by Gasteiger charge is -2.37. The molecule has 0 saturated heterocycles. The van der Waals surface area contributed by atoms with E-state index in [4.69, 9.17) is 18.9 Å². The Hall–Kier alpha value is -5.43. The van der Waals surface area contributed by atoms with Crippen LogP contribution in [0.15, 0.2) is 141 Å². The van der Waals surface area contributed by atoms with E-state index in [0.29, 0.717) is 11.8 Å². The van der Waals surface area contributed by atoms with Gasteiger partial charge in [-0.05, 0) is 138 Å². The van der Waals surface area contributed by atoms with Gasteiger partial charge < -0.3 is 18.9 Å². The van der Waals surface area contributed by atoms with E-state index in [0.717, 1.165) is 57.1 Å². The molecule has 302 valence electrons. The molecule has 2 fully saturated rings. The molecule has 13 rings (SSSR count). The van der Waals surface area contributed by atoms with Crippen LogP contribution in [0.1, 0.15) is 85.5 Å². The maximum absolute atomic E-state index is 7.01. The lowest BCUT2D eigenvalue weighted by molar-refractivity contribution is 0.457. The van der Waals surface area contributed by atoms with E-state index in [1.54, 1.807) is 0 Å². The zero-order valence-corrected chi connectivity index (χ0v) is 36.6. The third-order valence-corrected chi connectivity index (χ3v) is 16.6. The second-order valence-corrected chi connectivity index (χ2v) is 20.3. The van der Waals surface area contributed by atoms with Gasteiger partial charge in [0, 0.05) is 31.7 Å². The standard InChI is InChI=1S/C54H44B2O4S2/c1-31-11-3-9-17-43(31)57-37-25-47-53-51(27-37)61-49-30-50-42(29-41(49)55(53)39-21-19-35(23-45(39)59-47)33-13-5-6-14-33)56-40-22-20-36(34-15-7-8-16-34)24-46(40)60-48-26-38(28-52(62-50)54(48)56)58-44-18-10-4-12-32(44)2/h3-4,9-12,17-30,33-34H,5-8,13-16H2,1-2H3. The van der Waals surface area contributed by atoms with Gasteiger partial charge in [-0.3, -0.25) is 0 Å². The van der Waals surface area contributed by atoms with Crippen LogP contribution < -0.4 is 51.7 Å². The highest BCUT2D eigenvalue weighted by atomic mass is 32.2. The summed E-state index contributed by atoms with van der Waals surface area (Å²) in [7, 11) is 0. The summed E-state index contributed by atoms with van der Waals surface area (Å²) in [4.78, 5) is 4.92. The Balaban J connectivity index is 0.979. The van der Waals surface area contributed by atoms with Crippen LogP contribution in [0.25, 0.3) is 0 Å². The second-order valence-electron chi connectivity index (χ2n) is 18.2. The summed E-state index contributed by atoms with van der Waals surface area (Å²) in [5.74, 6) is 8.22. The molecule has 0 atom stereocenters. The third kappa shape index (κ3) is 6.07. The highest BCUT2D eigenvalue weighted by Gasteiger charge is 2.45. The Bertz CT molecular complexity index is 2810. The number of hydrogen-bond donors (Lipinski definition) is 0. The van der Waals surface area contributed by atoms with E-state index >= 15 is 0 Å². The maximum atomic E-state index is 7.01. The minimum absolute atomic E-state index is 0.0234. The van der Waals surface area contributed by atoms with E-state index in [2.05, 4.69) is 111 Å². The van der Waals surface area contributed by atoms with Crippen molar-refractivity contribution in [1.29, 1.82) is 0 Å². The van der Waals surface area contributed by atoms with Gasteiger partial charge in [0.2, 0.25) is 0 Å². The first-order valence-corrected chi connectivity index (χ1v) is 24.1. The van der Waals surface area contributed by atoms with E-state index in [1.807, 2.05) is 47.8 Å². The smallest absolute Gasteiger partial charge is 0.253 e. The molecule has 0 aromatic heterocycles. The van der Waals surface area contributed by atoms with Gasteiger partial charge in [0.15, 0.2) is 0 Å². The summed E-state index contributed by atoms with van der Waals surface area (Å²) in [6.45, 7) is 4.24. The zero-order chi connectivity index (χ0) is 41.1. The topological polar surface area (TPSA) is 36.9 Å². The normalized spacial score (nSPS) is 16.6. The minimum atomic E-state index is 0.0234. The monoisotopic (exact) mass is 842 g/mol. The highest BCUT2D eigenvalue weighted by Crippen LogP contribution is 2.46. The lowest BCUT2D eigenvalue weighted by atomic mass is 9.32. The molecule has 4 nitrogen and oxygen atoms in total. The van der Waals surface area contributed by atoms with Crippen molar-refractivity contribution >= 4 is 69.7 Å². The fraction of sp³-hybridized carbons (Fsp3) is 0.222. The fourth-order valence-electron chi connectivity index (χ4n) is 11.2. The molecule has 0 spiro atoms. The molecular weight excluding hydrogens is 798 g/mol.